The number of ether oxygens (including phenoxy) is 2. The molecule has 148 valence electrons. The number of aromatic nitrogens is 2. The molecule has 0 fully saturated rings. The lowest BCUT2D eigenvalue weighted by molar-refractivity contribution is -0.131. The van der Waals surface area contributed by atoms with E-state index >= 15 is 0 Å². The second-order valence-corrected chi connectivity index (χ2v) is 7.03. The van der Waals surface area contributed by atoms with Crippen molar-refractivity contribution in [2.45, 2.75) is 26.3 Å². The van der Waals surface area contributed by atoms with Gasteiger partial charge in [-0.15, -0.1) is 11.3 Å². The Balaban J connectivity index is 1.59. The van der Waals surface area contributed by atoms with Crippen LogP contribution in [0.15, 0.2) is 40.2 Å². The second kappa shape index (κ2) is 9.36. The summed E-state index contributed by atoms with van der Waals surface area (Å²) in [7, 11) is 3.20. The number of thiophene rings is 1. The van der Waals surface area contributed by atoms with E-state index in [1.54, 1.807) is 30.5 Å². The maximum atomic E-state index is 12.6. The molecule has 2 heterocycles. The molecule has 0 aliphatic carbocycles. The molecule has 28 heavy (non-hydrogen) atoms. The minimum absolute atomic E-state index is 0.0353. The molecule has 0 saturated carbocycles. The zero-order valence-electron chi connectivity index (χ0n) is 16.2. The van der Waals surface area contributed by atoms with Gasteiger partial charge >= 0.3 is 0 Å². The van der Waals surface area contributed by atoms with E-state index in [4.69, 9.17) is 14.0 Å². The Hall–Kier alpha value is -2.87. The van der Waals surface area contributed by atoms with E-state index in [-0.39, 0.29) is 5.91 Å². The lowest BCUT2D eigenvalue weighted by Gasteiger charge is -2.19. The van der Waals surface area contributed by atoms with Crippen LogP contribution in [0.2, 0.25) is 0 Å². The average Bonchev–Trinajstić information content (AvgIpc) is 3.41. The Labute approximate surface area is 167 Å². The second-order valence-electron chi connectivity index (χ2n) is 6.09. The molecule has 1 aromatic carbocycles. The van der Waals surface area contributed by atoms with Gasteiger partial charge in [0.2, 0.25) is 17.6 Å². The number of methoxy groups -OCH3 is 2. The van der Waals surface area contributed by atoms with E-state index < -0.39 is 0 Å². The number of amides is 1. The smallest absolute Gasteiger partial charge is 0.246 e. The fraction of sp³-hybridized carbons (Fsp3) is 0.350. The number of hydrogen-bond donors (Lipinski definition) is 0. The van der Waals surface area contributed by atoms with Gasteiger partial charge in [-0.3, -0.25) is 4.79 Å². The quantitative estimate of drug-likeness (QED) is 0.543. The molecular weight excluding hydrogens is 378 g/mol. The summed E-state index contributed by atoms with van der Waals surface area (Å²) in [4.78, 5) is 19.7. The molecule has 2 aromatic heterocycles. The third-order valence-corrected chi connectivity index (χ3v) is 5.21. The summed E-state index contributed by atoms with van der Waals surface area (Å²) in [5, 5.41) is 5.95. The van der Waals surface area contributed by atoms with Gasteiger partial charge in [-0.25, -0.2) is 0 Å². The van der Waals surface area contributed by atoms with Gasteiger partial charge in [-0.2, -0.15) is 4.98 Å². The standard InChI is InChI=1S/C20H23N3O4S/c1-4-23(13-18-21-20(22-27-18)17-6-5-11-28-17)19(24)10-8-14-7-9-15(25-2)16(12-14)26-3/h5-7,9,11-12H,4,8,10,13H2,1-3H3. The predicted molar refractivity (Wildman–Crippen MR) is 107 cm³/mol. The molecule has 0 aliphatic heterocycles. The summed E-state index contributed by atoms with van der Waals surface area (Å²) >= 11 is 1.55. The minimum Gasteiger partial charge on any atom is -0.493 e. The molecule has 8 heteroatoms. The average molecular weight is 401 g/mol. The fourth-order valence-corrected chi connectivity index (χ4v) is 3.46. The van der Waals surface area contributed by atoms with Gasteiger partial charge in [0, 0.05) is 13.0 Å². The van der Waals surface area contributed by atoms with Crippen molar-refractivity contribution in [1.29, 1.82) is 0 Å². The van der Waals surface area contributed by atoms with Crippen LogP contribution in [0.4, 0.5) is 0 Å². The summed E-state index contributed by atoms with van der Waals surface area (Å²) in [5.41, 5.74) is 1.01. The molecule has 0 radical (unpaired) electrons. The molecule has 3 aromatic rings. The number of hydrogen-bond acceptors (Lipinski definition) is 7. The minimum atomic E-state index is 0.0353. The maximum Gasteiger partial charge on any atom is 0.246 e. The van der Waals surface area contributed by atoms with Crippen LogP contribution >= 0.6 is 11.3 Å². The predicted octanol–water partition coefficient (Wildman–Crippen LogP) is 3.80. The normalized spacial score (nSPS) is 10.7. The maximum absolute atomic E-state index is 12.6. The monoisotopic (exact) mass is 401 g/mol. The Morgan fingerprint density at radius 2 is 2.04 bits per heavy atom. The van der Waals surface area contributed by atoms with Crippen LogP contribution in [0, 0.1) is 0 Å². The van der Waals surface area contributed by atoms with Gasteiger partial charge in [0.25, 0.3) is 0 Å². The first-order valence-corrected chi connectivity index (χ1v) is 9.87. The lowest BCUT2D eigenvalue weighted by Crippen LogP contribution is -2.30. The molecule has 0 N–H and O–H groups in total. The molecule has 7 nitrogen and oxygen atoms in total. The highest BCUT2D eigenvalue weighted by atomic mass is 32.1. The van der Waals surface area contributed by atoms with Gasteiger partial charge < -0.3 is 18.9 Å². The Morgan fingerprint density at radius 3 is 2.71 bits per heavy atom. The van der Waals surface area contributed by atoms with Crippen LogP contribution in [-0.4, -0.2) is 41.7 Å². The summed E-state index contributed by atoms with van der Waals surface area (Å²) in [6.07, 6.45) is 0.995. The van der Waals surface area contributed by atoms with Crippen molar-refractivity contribution < 1.29 is 18.8 Å². The number of carbonyl (C=O) groups excluding carboxylic acids is 1. The van der Waals surface area contributed by atoms with Gasteiger partial charge in [-0.05, 0) is 42.5 Å². The van der Waals surface area contributed by atoms with Gasteiger partial charge in [-0.1, -0.05) is 17.3 Å². The number of benzene rings is 1. The van der Waals surface area contributed by atoms with Crippen LogP contribution < -0.4 is 9.47 Å². The summed E-state index contributed by atoms with van der Waals surface area (Å²) in [6, 6.07) is 9.56. The third kappa shape index (κ3) is 4.69. The van der Waals surface area contributed by atoms with Crippen molar-refractivity contribution >= 4 is 17.2 Å². The fourth-order valence-electron chi connectivity index (χ4n) is 2.81. The number of rotatable bonds is 9. The van der Waals surface area contributed by atoms with Crippen molar-refractivity contribution in [3.63, 3.8) is 0 Å². The Kier molecular flexibility index (Phi) is 6.65. The van der Waals surface area contributed by atoms with E-state index in [1.165, 1.54) is 0 Å². The first kappa shape index (κ1) is 19.9. The van der Waals surface area contributed by atoms with Crippen LogP contribution in [0.3, 0.4) is 0 Å². The van der Waals surface area contributed by atoms with Gasteiger partial charge in [0.05, 0.1) is 25.6 Å². The van der Waals surface area contributed by atoms with Crippen molar-refractivity contribution in [1.82, 2.24) is 15.0 Å². The third-order valence-electron chi connectivity index (χ3n) is 4.35. The van der Waals surface area contributed by atoms with Crippen molar-refractivity contribution in [3.8, 4) is 22.2 Å². The molecule has 0 bridgehead atoms. The molecule has 0 atom stereocenters. The molecule has 1 amide bonds. The summed E-state index contributed by atoms with van der Waals surface area (Å²) < 4.78 is 15.9. The molecule has 0 spiro atoms. The molecular formula is C20H23N3O4S. The summed E-state index contributed by atoms with van der Waals surface area (Å²) in [6.45, 7) is 2.81. The van der Waals surface area contributed by atoms with Crippen LogP contribution in [0.25, 0.3) is 10.7 Å². The van der Waals surface area contributed by atoms with Crippen LogP contribution in [0.5, 0.6) is 11.5 Å². The van der Waals surface area contributed by atoms with E-state index in [9.17, 15) is 4.79 Å². The number of carbonyl (C=O) groups is 1. The molecule has 0 saturated heterocycles. The Morgan fingerprint density at radius 1 is 1.21 bits per heavy atom. The molecule has 0 aliphatic rings. The van der Waals surface area contributed by atoms with Crippen molar-refractivity contribution in [3.05, 3.63) is 47.2 Å². The van der Waals surface area contributed by atoms with Crippen molar-refractivity contribution in [2.75, 3.05) is 20.8 Å². The molecule has 0 unspecified atom stereocenters. The van der Waals surface area contributed by atoms with Crippen LogP contribution in [0.1, 0.15) is 24.8 Å². The lowest BCUT2D eigenvalue weighted by atomic mass is 10.1. The number of nitrogens with zero attached hydrogens (tertiary/aromatic N) is 3. The highest BCUT2D eigenvalue weighted by Crippen LogP contribution is 2.28. The first-order chi connectivity index (χ1) is 13.6. The van der Waals surface area contributed by atoms with E-state index in [0.29, 0.717) is 49.1 Å². The SMILES string of the molecule is CCN(Cc1nc(-c2cccs2)no1)C(=O)CCc1ccc(OC)c(OC)c1. The van der Waals surface area contributed by atoms with E-state index in [1.807, 2.05) is 42.6 Å². The van der Waals surface area contributed by atoms with Gasteiger partial charge in [0.1, 0.15) is 0 Å². The van der Waals surface area contributed by atoms with E-state index in [0.717, 1.165) is 10.4 Å². The highest BCUT2D eigenvalue weighted by molar-refractivity contribution is 7.13. The van der Waals surface area contributed by atoms with Crippen molar-refractivity contribution in [2.24, 2.45) is 0 Å². The number of aryl methyl sites for hydroxylation is 1. The van der Waals surface area contributed by atoms with Crippen LogP contribution in [-0.2, 0) is 17.8 Å². The zero-order valence-corrected chi connectivity index (χ0v) is 17.0. The largest absolute Gasteiger partial charge is 0.493 e. The summed E-state index contributed by atoms with van der Waals surface area (Å²) in [5.74, 6) is 2.36. The molecule has 3 rings (SSSR count). The zero-order chi connectivity index (χ0) is 19.9. The van der Waals surface area contributed by atoms with Gasteiger partial charge in [0.15, 0.2) is 11.5 Å². The Bertz CT molecular complexity index is 908. The topological polar surface area (TPSA) is 77.7 Å². The first-order valence-electron chi connectivity index (χ1n) is 8.99. The van der Waals surface area contributed by atoms with E-state index in [2.05, 4.69) is 10.1 Å². The highest BCUT2D eigenvalue weighted by Gasteiger charge is 2.17.